The van der Waals surface area contributed by atoms with Crippen LogP contribution in [-0.4, -0.2) is 37.9 Å². The third kappa shape index (κ3) is 4.65. The van der Waals surface area contributed by atoms with Crippen molar-refractivity contribution in [3.05, 3.63) is 47.5 Å². The van der Waals surface area contributed by atoms with Crippen LogP contribution in [0.4, 0.5) is 5.69 Å². The van der Waals surface area contributed by atoms with E-state index in [4.69, 9.17) is 18.9 Å². The summed E-state index contributed by atoms with van der Waals surface area (Å²) in [6, 6.07) is 10.9. The van der Waals surface area contributed by atoms with Gasteiger partial charge in [0.15, 0.2) is 0 Å². The molecule has 6 nitrogen and oxygen atoms in total. The summed E-state index contributed by atoms with van der Waals surface area (Å²) in [5.41, 5.74) is 2.27. The van der Waals surface area contributed by atoms with E-state index < -0.39 is 0 Å². The number of rotatable bonds is 7. The number of ether oxygens (including phenoxy) is 4. The minimum atomic E-state index is -0.206. The van der Waals surface area contributed by atoms with Crippen LogP contribution in [0.15, 0.2) is 36.4 Å². The molecular formula is C23H27NO5. The number of nitrogens with one attached hydrogen (secondary N) is 1. The molecule has 2 atom stereocenters. The van der Waals surface area contributed by atoms with Crippen LogP contribution >= 0.6 is 0 Å². The fourth-order valence-corrected chi connectivity index (χ4v) is 3.67. The molecule has 29 heavy (non-hydrogen) atoms. The maximum atomic E-state index is 12.7. The van der Waals surface area contributed by atoms with Crippen molar-refractivity contribution in [1.29, 1.82) is 0 Å². The van der Waals surface area contributed by atoms with Gasteiger partial charge >= 0.3 is 0 Å². The number of hydrogen-bond acceptors (Lipinski definition) is 5. The predicted molar refractivity (Wildman–Crippen MR) is 110 cm³/mol. The van der Waals surface area contributed by atoms with Gasteiger partial charge in [0, 0.05) is 30.2 Å². The zero-order valence-corrected chi connectivity index (χ0v) is 16.9. The minimum absolute atomic E-state index is 0.132. The Morgan fingerprint density at radius 3 is 2.76 bits per heavy atom. The number of benzene rings is 2. The van der Waals surface area contributed by atoms with Gasteiger partial charge in [-0.3, -0.25) is 4.79 Å². The molecule has 0 spiro atoms. The van der Waals surface area contributed by atoms with Gasteiger partial charge in [-0.1, -0.05) is 0 Å². The third-order valence-corrected chi connectivity index (χ3v) is 5.12. The van der Waals surface area contributed by atoms with Crippen molar-refractivity contribution in [2.24, 2.45) is 0 Å². The van der Waals surface area contributed by atoms with Gasteiger partial charge < -0.3 is 24.3 Å². The molecule has 6 heteroatoms. The number of fused-ring (bicyclic) bond motifs is 1. The Morgan fingerprint density at radius 1 is 1.21 bits per heavy atom. The van der Waals surface area contributed by atoms with E-state index in [2.05, 4.69) is 5.32 Å². The molecule has 4 rings (SSSR count). The average Bonchev–Trinajstić information content (AvgIpc) is 3.35. The summed E-state index contributed by atoms with van der Waals surface area (Å²) in [4.78, 5) is 12.7. The molecule has 2 aromatic rings. The van der Waals surface area contributed by atoms with E-state index in [0.29, 0.717) is 30.2 Å². The molecule has 2 unspecified atom stereocenters. The smallest absolute Gasteiger partial charge is 0.255 e. The second-order valence-corrected chi connectivity index (χ2v) is 7.45. The van der Waals surface area contributed by atoms with Crippen molar-refractivity contribution >= 4 is 11.6 Å². The van der Waals surface area contributed by atoms with Gasteiger partial charge in [-0.2, -0.15) is 0 Å². The lowest BCUT2D eigenvalue weighted by molar-refractivity contribution is 0.0679. The van der Waals surface area contributed by atoms with E-state index in [-0.39, 0.29) is 18.1 Å². The molecule has 1 saturated heterocycles. The predicted octanol–water partition coefficient (Wildman–Crippen LogP) is 4.22. The van der Waals surface area contributed by atoms with Gasteiger partial charge in [0.05, 0.1) is 18.4 Å². The molecule has 0 saturated carbocycles. The van der Waals surface area contributed by atoms with Gasteiger partial charge in [-0.15, -0.1) is 0 Å². The fourth-order valence-electron chi connectivity index (χ4n) is 3.67. The molecule has 0 radical (unpaired) electrons. The minimum Gasteiger partial charge on any atom is -0.492 e. The van der Waals surface area contributed by atoms with Crippen molar-refractivity contribution in [3.8, 4) is 17.2 Å². The van der Waals surface area contributed by atoms with Crippen LogP contribution in [0, 0.1) is 0 Å². The highest BCUT2D eigenvalue weighted by atomic mass is 16.5. The molecule has 0 aliphatic carbocycles. The SMILES string of the molecule is CCOc1cc2c(cc1NC(=O)c1ccc(OCC3CCCO3)cc1)OC(C)C2. The highest BCUT2D eigenvalue weighted by molar-refractivity contribution is 6.05. The van der Waals surface area contributed by atoms with Crippen molar-refractivity contribution in [1.82, 2.24) is 0 Å². The van der Waals surface area contributed by atoms with Gasteiger partial charge in [0.1, 0.15) is 30.0 Å². The van der Waals surface area contributed by atoms with Crippen molar-refractivity contribution in [2.75, 3.05) is 25.1 Å². The summed E-state index contributed by atoms with van der Waals surface area (Å²) in [6.07, 6.45) is 3.26. The molecule has 2 aliphatic rings. The summed E-state index contributed by atoms with van der Waals surface area (Å²) >= 11 is 0. The summed E-state index contributed by atoms with van der Waals surface area (Å²) in [6.45, 7) is 5.82. The standard InChI is InChI=1S/C23H27NO5/c1-3-26-22-12-17-11-15(2)29-21(17)13-20(22)24-23(25)16-6-8-18(9-7-16)28-14-19-5-4-10-27-19/h6-9,12-13,15,19H,3-5,10-11,14H2,1-2H3,(H,24,25). The van der Waals surface area contributed by atoms with E-state index in [9.17, 15) is 4.79 Å². The number of amides is 1. The van der Waals surface area contributed by atoms with Crippen LogP contribution in [0.5, 0.6) is 17.2 Å². The average molecular weight is 397 g/mol. The summed E-state index contributed by atoms with van der Waals surface area (Å²) < 4.78 is 22.9. The zero-order chi connectivity index (χ0) is 20.2. The lowest BCUT2D eigenvalue weighted by atomic mass is 10.1. The Hall–Kier alpha value is -2.73. The molecule has 2 aliphatic heterocycles. The zero-order valence-electron chi connectivity index (χ0n) is 16.9. The summed E-state index contributed by atoms with van der Waals surface area (Å²) in [5.74, 6) is 1.98. The first-order valence-corrected chi connectivity index (χ1v) is 10.2. The highest BCUT2D eigenvalue weighted by Gasteiger charge is 2.23. The summed E-state index contributed by atoms with van der Waals surface area (Å²) in [7, 11) is 0. The van der Waals surface area contributed by atoms with Crippen molar-refractivity contribution < 1.29 is 23.7 Å². The molecule has 2 aromatic carbocycles. The second kappa shape index (κ2) is 8.74. The van der Waals surface area contributed by atoms with E-state index in [0.717, 1.165) is 42.9 Å². The maximum Gasteiger partial charge on any atom is 0.255 e. The van der Waals surface area contributed by atoms with Gasteiger partial charge in [-0.05, 0) is 57.0 Å². The van der Waals surface area contributed by atoms with Crippen LogP contribution in [0.25, 0.3) is 0 Å². The molecule has 2 heterocycles. The molecule has 0 bridgehead atoms. The first kappa shape index (κ1) is 19.6. The first-order chi connectivity index (χ1) is 14.1. The van der Waals surface area contributed by atoms with E-state index >= 15 is 0 Å². The molecule has 154 valence electrons. The van der Waals surface area contributed by atoms with E-state index in [1.807, 2.05) is 26.0 Å². The third-order valence-electron chi connectivity index (χ3n) is 5.12. The lowest BCUT2D eigenvalue weighted by Crippen LogP contribution is -2.16. The van der Waals surface area contributed by atoms with Crippen LogP contribution in [0.2, 0.25) is 0 Å². The fraction of sp³-hybridized carbons (Fsp3) is 0.435. The first-order valence-electron chi connectivity index (χ1n) is 10.2. The second-order valence-electron chi connectivity index (χ2n) is 7.45. The molecule has 0 aromatic heterocycles. The molecule has 1 amide bonds. The van der Waals surface area contributed by atoms with E-state index in [1.165, 1.54) is 0 Å². The van der Waals surface area contributed by atoms with Crippen LogP contribution in [0.3, 0.4) is 0 Å². The Kier molecular flexibility index (Phi) is 5.90. The Balaban J connectivity index is 1.42. The quantitative estimate of drug-likeness (QED) is 0.758. The molecular weight excluding hydrogens is 370 g/mol. The Labute approximate surface area is 171 Å². The number of anilines is 1. The van der Waals surface area contributed by atoms with Crippen LogP contribution in [-0.2, 0) is 11.2 Å². The normalized spacial score (nSPS) is 20.1. The lowest BCUT2D eigenvalue weighted by Gasteiger charge is -2.14. The molecule has 1 N–H and O–H groups in total. The van der Waals surface area contributed by atoms with Crippen LogP contribution < -0.4 is 19.5 Å². The van der Waals surface area contributed by atoms with Gasteiger partial charge in [0.2, 0.25) is 0 Å². The largest absolute Gasteiger partial charge is 0.492 e. The Morgan fingerprint density at radius 2 is 2.03 bits per heavy atom. The number of carbonyl (C=O) groups is 1. The van der Waals surface area contributed by atoms with Gasteiger partial charge in [0.25, 0.3) is 5.91 Å². The number of carbonyl (C=O) groups excluding carboxylic acids is 1. The van der Waals surface area contributed by atoms with Gasteiger partial charge in [-0.25, -0.2) is 0 Å². The molecule has 1 fully saturated rings. The monoisotopic (exact) mass is 397 g/mol. The van der Waals surface area contributed by atoms with Crippen molar-refractivity contribution in [2.45, 2.75) is 45.3 Å². The van der Waals surface area contributed by atoms with Crippen LogP contribution in [0.1, 0.15) is 42.6 Å². The highest BCUT2D eigenvalue weighted by Crippen LogP contribution is 2.38. The van der Waals surface area contributed by atoms with Crippen molar-refractivity contribution in [3.63, 3.8) is 0 Å². The van der Waals surface area contributed by atoms with E-state index in [1.54, 1.807) is 24.3 Å². The topological polar surface area (TPSA) is 66.0 Å². The number of hydrogen-bond donors (Lipinski definition) is 1. The summed E-state index contributed by atoms with van der Waals surface area (Å²) in [5, 5.41) is 2.95. The Bertz CT molecular complexity index is 858. The maximum absolute atomic E-state index is 12.7.